The van der Waals surface area contributed by atoms with E-state index in [2.05, 4.69) is 5.32 Å². The second kappa shape index (κ2) is 7.74. The topological polar surface area (TPSA) is 77.8 Å². The summed E-state index contributed by atoms with van der Waals surface area (Å²) >= 11 is 0. The van der Waals surface area contributed by atoms with Crippen LogP contribution in [0.3, 0.4) is 0 Å². The Labute approximate surface area is 150 Å². The van der Waals surface area contributed by atoms with E-state index in [-0.39, 0.29) is 24.1 Å². The van der Waals surface area contributed by atoms with Gasteiger partial charge in [-0.1, -0.05) is 30.3 Å². The zero-order valence-corrected chi connectivity index (χ0v) is 14.5. The number of esters is 1. The average Bonchev–Trinajstić information content (AvgIpc) is 3.10. The number of para-hydroxylation sites is 2. The van der Waals surface area contributed by atoms with Crippen molar-refractivity contribution in [3.8, 4) is 5.75 Å². The molecule has 0 saturated heterocycles. The van der Waals surface area contributed by atoms with E-state index in [0.29, 0.717) is 11.5 Å². The van der Waals surface area contributed by atoms with Gasteiger partial charge in [-0.05, 0) is 31.2 Å². The highest BCUT2D eigenvalue weighted by molar-refractivity contribution is 5.92. The summed E-state index contributed by atoms with van der Waals surface area (Å²) in [5, 5.41) is 3.79. The van der Waals surface area contributed by atoms with Crippen molar-refractivity contribution in [1.29, 1.82) is 0 Å². The van der Waals surface area contributed by atoms with Crippen LogP contribution in [0.4, 0.5) is 0 Å². The van der Waals surface area contributed by atoms with Crippen LogP contribution in [0.1, 0.15) is 29.1 Å². The fraction of sp³-hybridized carbons (Fsp3) is 0.200. The molecule has 0 bridgehead atoms. The van der Waals surface area contributed by atoms with Crippen molar-refractivity contribution >= 4 is 22.8 Å². The Morgan fingerprint density at radius 3 is 2.62 bits per heavy atom. The Balaban J connectivity index is 1.61. The first-order valence-electron chi connectivity index (χ1n) is 8.16. The van der Waals surface area contributed by atoms with Crippen molar-refractivity contribution in [2.45, 2.75) is 13.0 Å². The van der Waals surface area contributed by atoms with Crippen molar-refractivity contribution in [3.05, 3.63) is 65.9 Å². The normalized spacial score (nSPS) is 11.8. The summed E-state index contributed by atoms with van der Waals surface area (Å²) in [5.41, 5.74) is 1.04. The molecule has 1 unspecified atom stereocenters. The molecule has 26 heavy (non-hydrogen) atoms. The van der Waals surface area contributed by atoms with Gasteiger partial charge >= 0.3 is 5.97 Å². The molecule has 1 aromatic heterocycles. The number of hydrogen-bond acceptors (Lipinski definition) is 5. The molecule has 2 aromatic carbocycles. The molecule has 0 aliphatic heterocycles. The van der Waals surface area contributed by atoms with Gasteiger partial charge in [-0.25, -0.2) is 4.79 Å². The number of amides is 1. The van der Waals surface area contributed by atoms with Gasteiger partial charge in [0.05, 0.1) is 13.2 Å². The molecular weight excluding hydrogens is 334 g/mol. The molecule has 0 aliphatic carbocycles. The lowest BCUT2D eigenvalue weighted by Gasteiger charge is -2.13. The molecule has 6 heteroatoms. The van der Waals surface area contributed by atoms with E-state index < -0.39 is 5.97 Å². The molecule has 1 N–H and O–H groups in total. The van der Waals surface area contributed by atoms with Crippen molar-refractivity contribution in [1.82, 2.24) is 5.32 Å². The van der Waals surface area contributed by atoms with E-state index in [1.54, 1.807) is 24.3 Å². The summed E-state index contributed by atoms with van der Waals surface area (Å²) in [4.78, 5) is 23.9. The van der Waals surface area contributed by atoms with Crippen LogP contribution >= 0.6 is 0 Å². The second-order valence-corrected chi connectivity index (χ2v) is 5.75. The van der Waals surface area contributed by atoms with Crippen LogP contribution in [-0.2, 0) is 9.53 Å². The Hall–Kier alpha value is -3.28. The molecular formula is C20H19NO5. The van der Waals surface area contributed by atoms with Gasteiger partial charge in [0.25, 0.3) is 5.91 Å². The molecule has 3 rings (SSSR count). The smallest absolute Gasteiger partial charge is 0.341 e. The van der Waals surface area contributed by atoms with Crippen LogP contribution in [0.5, 0.6) is 5.75 Å². The lowest BCUT2D eigenvalue weighted by molar-refractivity contribution is -0.123. The van der Waals surface area contributed by atoms with Crippen LogP contribution in [0.25, 0.3) is 11.0 Å². The first kappa shape index (κ1) is 17.5. The molecule has 0 radical (unpaired) electrons. The number of hydrogen-bond donors (Lipinski definition) is 1. The number of methoxy groups -OCH3 is 1. The summed E-state index contributed by atoms with van der Waals surface area (Å²) in [5.74, 6) is 0.120. The maximum Gasteiger partial charge on any atom is 0.341 e. The molecule has 1 amide bonds. The van der Waals surface area contributed by atoms with E-state index in [1.165, 1.54) is 7.11 Å². The Morgan fingerprint density at radius 2 is 1.85 bits per heavy atom. The van der Waals surface area contributed by atoms with Gasteiger partial charge in [0.1, 0.15) is 22.7 Å². The Bertz CT molecular complexity index is 898. The third-order valence-electron chi connectivity index (χ3n) is 3.90. The van der Waals surface area contributed by atoms with Crippen molar-refractivity contribution in [3.63, 3.8) is 0 Å². The fourth-order valence-electron chi connectivity index (χ4n) is 2.58. The lowest BCUT2D eigenvalue weighted by atomic mass is 10.2. The average molecular weight is 353 g/mol. The molecule has 1 atom stereocenters. The predicted molar refractivity (Wildman–Crippen MR) is 96.0 cm³/mol. The van der Waals surface area contributed by atoms with Crippen LogP contribution in [0, 0.1) is 0 Å². The molecule has 134 valence electrons. The number of fused-ring (bicyclic) bond motifs is 1. The first-order chi connectivity index (χ1) is 12.6. The number of ether oxygens (including phenoxy) is 2. The largest absolute Gasteiger partial charge is 0.483 e. The molecule has 0 saturated carbocycles. The first-order valence-corrected chi connectivity index (χ1v) is 8.16. The summed E-state index contributed by atoms with van der Waals surface area (Å²) in [6, 6.07) is 15.8. The number of carbonyl (C=O) groups excluding carboxylic acids is 2. The minimum atomic E-state index is -0.517. The Kier molecular flexibility index (Phi) is 5.22. The van der Waals surface area contributed by atoms with Crippen LogP contribution in [0.2, 0.25) is 0 Å². The van der Waals surface area contributed by atoms with Crippen LogP contribution in [-0.4, -0.2) is 25.6 Å². The monoisotopic (exact) mass is 353 g/mol. The van der Waals surface area contributed by atoms with E-state index in [9.17, 15) is 9.59 Å². The Morgan fingerprint density at radius 1 is 1.12 bits per heavy atom. The highest BCUT2D eigenvalue weighted by atomic mass is 16.5. The summed E-state index contributed by atoms with van der Waals surface area (Å²) in [7, 11) is 1.29. The van der Waals surface area contributed by atoms with Crippen LogP contribution < -0.4 is 10.1 Å². The second-order valence-electron chi connectivity index (χ2n) is 5.75. The molecule has 3 aromatic rings. The van der Waals surface area contributed by atoms with Gasteiger partial charge in [-0.15, -0.1) is 0 Å². The quantitative estimate of drug-likeness (QED) is 0.687. The van der Waals surface area contributed by atoms with Crippen molar-refractivity contribution in [2.75, 3.05) is 13.7 Å². The maximum atomic E-state index is 12.2. The summed E-state index contributed by atoms with van der Waals surface area (Å²) in [6.45, 7) is 1.61. The third-order valence-corrected chi connectivity index (χ3v) is 3.90. The number of benzene rings is 2. The van der Waals surface area contributed by atoms with Gasteiger partial charge in [0, 0.05) is 5.39 Å². The zero-order valence-electron chi connectivity index (χ0n) is 14.5. The van der Waals surface area contributed by atoms with Crippen molar-refractivity contribution < 1.29 is 23.5 Å². The van der Waals surface area contributed by atoms with Crippen molar-refractivity contribution in [2.24, 2.45) is 0 Å². The summed E-state index contributed by atoms with van der Waals surface area (Å²) in [6.07, 6.45) is 0. The highest BCUT2D eigenvalue weighted by Gasteiger charge is 2.16. The SMILES string of the molecule is COC(=O)c1ccccc1OCC(=O)NC(C)c1cc2ccccc2o1. The standard InChI is InChI=1S/C20H19NO5/c1-13(18-11-14-7-3-5-9-16(14)26-18)21-19(22)12-25-17-10-6-4-8-15(17)20(23)24-2/h3-11,13H,12H2,1-2H3,(H,21,22). The third kappa shape index (κ3) is 3.85. The van der Waals surface area contributed by atoms with E-state index in [1.807, 2.05) is 37.3 Å². The predicted octanol–water partition coefficient (Wildman–Crippen LogP) is 3.48. The zero-order chi connectivity index (χ0) is 18.5. The molecule has 0 spiro atoms. The number of furan rings is 1. The number of rotatable bonds is 6. The van der Waals surface area contributed by atoms with Gasteiger partial charge in [-0.3, -0.25) is 4.79 Å². The highest BCUT2D eigenvalue weighted by Crippen LogP contribution is 2.23. The molecule has 6 nitrogen and oxygen atoms in total. The molecule has 0 aliphatic rings. The van der Waals surface area contributed by atoms with Gasteiger partial charge < -0.3 is 19.2 Å². The van der Waals surface area contributed by atoms with E-state index >= 15 is 0 Å². The summed E-state index contributed by atoms with van der Waals surface area (Å²) < 4.78 is 15.9. The molecule has 0 fully saturated rings. The van der Waals surface area contributed by atoms with Gasteiger partial charge in [0.2, 0.25) is 0 Å². The van der Waals surface area contributed by atoms with E-state index in [0.717, 1.165) is 11.0 Å². The minimum absolute atomic E-state index is 0.224. The molecule has 1 heterocycles. The van der Waals surface area contributed by atoms with E-state index in [4.69, 9.17) is 13.9 Å². The van der Waals surface area contributed by atoms with Gasteiger partial charge in [0.15, 0.2) is 6.61 Å². The number of nitrogens with one attached hydrogen (secondary N) is 1. The minimum Gasteiger partial charge on any atom is -0.483 e. The number of carbonyl (C=O) groups is 2. The lowest BCUT2D eigenvalue weighted by Crippen LogP contribution is -2.31. The fourth-order valence-corrected chi connectivity index (χ4v) is 2.58. The van der Waals surface area contributed by atoms with Gasteiger partial charge in [-0.2, -0.15) is 0 Å². The maximum absolute atomic E-state index is 12.2. The van der Waals surface area contributed by atoms with Crippen LogP contribution in [0.15, 0.2) is 59.0 Å².